The average molecular weight is 887 g/mol. The number of nitrogens with one attached hydrogen (secondary N) is 2. The smallest absolute Gasteiger partial charge is 0.472 e. The minimum atomic E-state index is -5.38. The van der Waals surface area contributed by atoms with Crippen LogP contribution in [0.4, 0.5) is 30.7 Å². The maximum absolute atomic E-state index is 14.7. The van der Waals surface area contributed by atoms with Crippen molar-refractivity contribution in [3.8, 4) is 11.6 Å². The summed E-state index contributed by atoms with van der Waals surface area (Å²) in [5.74, 6) is -6.84. The predicted octanol–water partition coefficient (Wildman–Crippen LogP) is 5.67. The number of hydrogen-bond donors (Lipinski definition) is 3. The molecule has 61 heavy (non-hydrogen) atoms. The Kier molecular flexibility index (Phi) is 11.6. The standard InChI is InChI=1S/C40H41F7N4O9S/c1-37(13-14-37)61(57,58)50-36(56)38-18-21(38)7-5-3-2-4-6-8-28(48-33(54)32(53)39(42,43)44)35(55)51-20-24(17-30(51)31(52)19-38)59-34-27-15-22(41)9-11-25(27)26-12-10-23(16-29(26)49-34)60-40(45,46)47/h5,7,9-12,15-16,21,24,28,30,32,53H,2-4,6,8,13-14,17-20H2,1H3,(H,48,54)(H,50,56)/b7-5-/t21-,24-,28+,30+,32+,38-/m1/s1. The van der Waals surface area contributed by atoms with E-state index in [1.807, 2.05) is 5.32 Å². The van der Waals surface area contributed by atoms with Crippen molar-refractivity contribution < 1.29 is 72.9 Å². The van der Waals surface area contributed by atoms with Gasteiger partial charge in [0.1, 0.15) is 23.7 Å². The number of carbonyl (C=O) groups is 4. The number of sulfonamides is 1. The average Bonchev–Trinajstić information content (AvgIpc) is 4.05. The number of ether oxygens (including phenoxy) is 2. The minimum absolute atomic E-state index is 0.0548. The second kappa shape index (κ2) is 16.0. The number of allylic oxidation sites excluding steroid dienone is 2. The van der Waals surface area contributed by atoms with Crippen LogP contribution in [0.3, 0.4) is 0 Å². The molecule has 2 aliphatic carbocycles. The molecule has 21 heteroatoms. The van der Waals surface area contributed by atoms with E-state index in [-0.39, 0.29) is 47.9 Å². The number of hydrogen-bond acceptors (Lipinski definition) is 10. The van der Waals surface area contributed by atoms with Crippen LogP contribution in [0.5, 0.6) is 11.6 Å². The van der Waals surface area contributed by atoms with Gasteiger partial charge >= 0.3 is 12.5 Å². The highest BCUT2D eigenvalue weighted by atomic mass is 32.2. The van der Waals surface area contributed by atoms with Crippen LogP contribution in [-0.2, 0) is 29.2 Å². The zero-order valence-electron chi connectivity index (χ0n) is 32.4. The number of carbonyl (C=O) groups excluding carboxylic acids is 4. The van der Waals surface area contributed by atoms with Crippen LogP contribution in [0, 0.1) is 17.2 Å². The van der Waals surface area contributed by atoms with Gasteiger partial charge in [0.2, 0.25) is 33.8 Å². The molecule has 3 amide bonds. The summed E-state index contributed by atoms with van der Waals surface area (Å²) in [5, 5.41) is 12.3. The third kappa shape index (κ3) is 9.27. The molecule has 330 valence electrons. The van der Waals surface area contributed by atoms with E-state index in [0.717, 1.165) is 29.2 Å². The summed E-state index contributed by atoms with van der Waals surface area (Å²) in [6.45, 7) is 1.00. The number of fused-ring (bicyclic) bond motifs is 5. The zero-order valence-corrected chi connectivity index (χ0v) is 33.3. The Morgan fingerprint density at radius 2 is 1.72 bits per heavy atom. The Labute approximate surface area is 344 Å². The highest BCUT2D eigenvalue weighted by molar-refractivity contribution is 7.91. The van der Waals surface area contributed by atoms with Crippen LogP contribution in [0.1, 0.15) is 71.1 Å². The predicted molar refractivity (Wildman–Crippen MR) is 202 cm³/mol. The largest absolute Gasteiger partial charge is 0.573 e. The van der Waals surface area contributed by atoms with E-state index < -0.39 is 111 Å². The molecule has 3 N–H and O–H groups in total. The molecule has 3 fully saturated rings. The molecule has 2 aromatic carbocycles. The van der Waals surface area contributed by atoms with Crippen molar-refractivity contribution in [2.45, 2.75) is 113 Å². The highest BCUT2D eigenvalue weighted by Gasteiger charge is 2.63. The van der Waals surface area contributed by atoms with Gasteiger partial charge in [-0.15, -0.1) is 13.2 Å². The Bertz CT molecular complexity index is 2410. The van der Waals surface area contributed by atoms with Gasteiger partial charge in [-0.3, -0.25) is 23.9 Å². The number of nitrogens with zero attached hydrogens (tertiary/aromatic N) is 2. The fourth-order valence-corrected chi connectivity index (χ4v) is 9.39. The van der Waals surface area contributed by atoms with Crippen molar-refractivity contribution in [2.75, 3.05) is 6.54 Å². The quantitative estimate of drug-likeness (QED) is 0.145. The molecule has 6 atom stereocenters. The topological polar surface area (TPSA) is 181 Å². The number of aliphatic hydroxyl groups is 1. The molecule has 2 saturated carbocycles. The second-order valence-electron chi connectivity index (χ2n) is 16.4. The van der Waals surface area contributed by atoms with Crippen molar-refractivity contribution in [1.82, 2.24) is 19.9 Å². The lowest BCUT2D eigenvalue weighted by molar-refractivity contribution is -0.274. The number of amides is 3. The third-order valence-electron chi connectivity index (χ3n) is 11.9. The first-order valence-electron chi connectivity index (χ1n) is 19.6. The van der Waals surface area contributed by atoms with Crippen molar-refractivity contribution in [3.05, 3.63) is 54.4 Å². The molecule has 1 aromatic heterocycles. The lowest BCUT2D eigenvalue weighted by atomic mass is 9.91. The van der Waals surface area contributed by atoms with Gasteiger partial charge in [-0.25, -0.2) is 17.8 Å². The molecule has 3 aromatic rings. The van der Waals surface area contributed by atoms with Crippen LogP contribution in [-0.4, -0.2) is 95.0 Å². The number of Topliss-reactive ketones (excluding diaryl/α,β-unsaturated/α-hetero) is 1. The van der Waals surface area contributed by atoms with Gasteiger partial charge in [0.15, 0.2) is 5.78 Å². The lowest BCUT2D eigenvalue weighted by Crippen LogP contribution is -2.55. The zero-order chi connectivity index (χ0) is 44.3. The van der Waals surface area contributed by atoms with Crippen molar-refractivity contribution in [3.63, 3.8) is 0 Å². The number of rotatable bonds is 8. The monoisotopic (exact) mass is 886 g/mol. The summed E-state index contributed by atoms with van der Waals surface area (Å²) in [6.07, 6.45) is -10.4. The van der Waals surface area contributed by atoms with Crippen molar-refractivity contribution >= 4 is 55.2 Å². The van der Waals surface area contributed by atoms with Crippen molar-refractivity contribution in [2.24, 2.45) is 11.3 Å². The number of halogens is 7. The van der Waals surface area contributed by atoms with Gasteiger partial charge in [0.25, 0.3) is 5.91 Å². The van der Waals surface area contributed by atoms with E-state index in [1.54, 1.807) is 12.2 Å². The Hall–Kier alpha value is -5.05. The van der Waals surface area contributed by atoms with E-state index in [2.05, 4.69) is 14.4 Å². The van der Waals surface area contributed by atoms with Gasteiger partial charge in [-0.2, -0.15) is 13.2 Å². The van der Waals surface area contributed by atoms with Gasteiger partial charge in [-0.1, -0.05) is 31.1 Å². The number of alkyl halides is 6. The minimum Gasteiger partial charge on any atom is -0.472 e. The highest BCUT2D eigenvalue weighted by Crippen LogP contribution is 2.57. The molecule has 7 rings (SSSR count). The number of pyridine rings is 1. The first-order valence-corrected chi connectivity index (χ1v) is 21.1. The fourth-order valence-electron chi connectivity index (χ4n) is 8.06. The first kappa shape index (κ1) is 44.0. The van der Waals surface area contributed by atoms with Crippen LogP contribution >= 0.6 is 0 Å². The van der Waals surface area contributed by atoms with Crippen LogP contribution < -0.4 is 19.5 Å². The summed E-state index contributed by atoms with van der Waals surface area (Å²) in [4.78, 5) is 60.8. The maximum atomic E-state index is 14.7. The number of benzene rings is 2. The molecular weight excluding hydrogens is 846 g/mol. The number of aromatic nitrogens is 1. The second-order valence-corrected chi connectivity index (χ2v) is 18.6. The summed E-state index contributed by atoms with van der Waals surface area (Å²) in [5.41, 5.74) is -1.62. The molecule has 0 spiro atoms. The summed E-state index contributed by atoms with van der Waals surface area (Å²) in [7, 11) is -4.14. The van der Waals surface area contributed by atoms with Crippen molar-refractivity contribution in [1.29, 1.82) is 0 Å². The van der Waals surface area contributed by atoms with E-state index in [9.17, 15) is 63.4 Å². The SMILES string of the molecule is CC1(S(=O)(=O)NC(=O)[C@]23CC(=O)[C@@H]4C[C@@H](Oc5nc6cc(OC(F)(F)F)ccc6c6ccc(F)cc56)CN4C(=O)[C@@H](NC(=O)[C@H](O)C(F)(F)F)CCCCC/C=C\[C@@H]2C3)CC1. The molecule has 0 radical (unpaired) electrons. The summed E-state index contributed by atoms with van der Waals surface area (Å²) >= 11 is 0. The number of ketones is 1. The molecule has 2 aliphatic heterocycles. The Balaban J connectivity index is 1.25. The van der Waals surface area contributed by atoms with Gasteiger partial charge in [0.05, 0.1) is 28.3 Å². The lowest BCUT2D eigenvalue weighted by Gasteiger charge is -2.30. The van der Waals surface area contributed by atoms with Crippen LogP contribution in [0.15, 0.2) is 48.6 Å². The van der Waals surface area contributed by atoms with E-state index in [1.165, 1.54) is 19.1 Å². The fraction of sp³-hybridized carbons (Fsp3) is 0.525. The van der Waals surface area contributed by atoms with Crippen LogP contribution in [0.2, 0.25) is 0 Å². The van der Waals surface area contributed by atoms with Crippen LogP contribution in [0.25, 0.3) is 21.7 Å². The van der Waals surface area contributed by atoms with Gasteiger partial charge in [0, 0.05) is 29.7 Å². The maximum Gasteiger partial charge on any atom is 0.573 e. The molecule has 13 nitrogen and oxygen atoms in total. The Morgan fingerprint density at radius 3 is 2.41 bits per heavy atom. The molecule has 4 aliphatic rings. The molecular formula is C40H41F7N4O9S. The Morgan fingerprint density at radius 1 is 1.00 bits per heavy atom. The summed E-state index contributed by atoms with van der Waals surface area (Å²) < 4.78 is 132. The molecule has 1 saturated heterocycles. The van der Waals surface area contributed by atoms with E-state index >= 15 is 0 Å². The summed E-state index contributed by atoms with van der Waals surface area (Å²) in [6, 6.07) is 3.63. The first-order chi connectivity index (χ1) is 28.5. The third-order valence-corrected chi connectivity index (χ3v) is 14.1. The molecule has 3 heterocycles. The van der Waals surface area contributed by atoms with Gasteiger partial charge in [-0.05, 0) is 81.0 Å². The van der Waals surface area contributed by atoms with E-state index in [4.69, 9.17) is 4.74 Å². The van der Waals surface area contributed by atoms with E-state index in [0.29, 0.717) is 37.5 Å². The molecule has 0 unspecified atom stereocenters. The molecule has 0 bridgehead atoms. The number of aliphatic hydroxyl groups excluding tert-OH is 1. The van der Waals surface area contributed by atoms with Gasteiger partial charge < -0.3 is 24.8 Å². The normalized spacial score (nSPS) is 26.9.